The average Bonchev–Trinajstić information content (AvgIpc) is 3.26. The summed E-state index contributed by atoms with van der Waals surface area (Å²) in [5.74, 6) is 1.01. The minimum Gasteiger partial charge on any atom is -0.340 e. The summed E-state index contributed by atoms with van der Waals surface area (Å²) in [5.41, 5.74) is 4.00. The maximum Gasteiger partial charge on any atom is 0.226 e. The number of imidazole rings is 1. The highest BCUT2D eigenvalue weighted by molar-refractivity contribution is 5.95. The molecule has 0 saturated heterocycles. The van der Waals surface area contributed by atoms with E-state index in [0.717, 1.165) is 16.8 Å². The monoisotopic (exact) mass is 346 g/mol. The van der Waals surface area contributed by atoms with Crippen LogP contribution in [-0.2, 0) is 4.79 Å². The summed E-state index contributed by atoms with van der Waals surface area (Å²) in [5, 5.41) is 7.60. The van der Waals surface area contributed by atoms with Crippen molar-refractivity contribution >= 4 is 22.9 Å². The molecule has 0 radical (unpaired) electrons. The molecule has 0 saturated carbocycles. The van der Waals surface area contributed by atoms with Gasteiger partial charge in [-0.25, -0.2) is 15.0 Å². The molecule has 9 heteroatoms. The van der Waals surface area contributed by atoms with Crippen LogP contribution in [0.3, 0.4) is 0 Å². The van der Waals surface area contributed by atoms with Gasteiger partial charge >= 0.3 is 0 Å². The molecule has 4 aromatic heterocycles. The second kappa shape index (κ2) is 5.45. The van der Waals surface area contributed by atoms with Gasteiger partial charge in [0.1, 0.15) is 17.7 Å². The van der Waals surface area contributed by atoms with Gasteiger partial charge in [0.2, 0.25) is 5.91 Å². The van der Waals surface area contributed by atoms with Crippen LogP contribution < -0.4 is 5.32 Å². The Morgan fingerprint density at radius 3 is 3.04 bits per heavy atom. The van der Waals surface area contributed by atoms with Gasteiger partial charge < -0.3 is 10.3 Å². The zero-order valence-electron chi connectivity index (χ0n) is 13.8. The van der Waals surface area contributed by atoms with Crippen LogP contribution in [0.4, 0.5) is 5.82 Å². The number of H-pyrrole nitrogens is 1. The molecule has 1 aliphatic heterocycles. The topological polar surface area (TPSA) is 114 Å². The molecule has 5 heterocycles. The highest BCUT2D eigenvalue weighted by Crippen LogP contribution is 2.40. The summed E-state index contributed by atoms with van der Waals surface area (Å²) in [6.07, 6.45) is 6.86. The number of nitrogens with zero attached hydrogens (tertiary/aromatic N) is 6. The number of amides is 1. The SMILES string of the molecule is Cc1nn(-c2ncnc3nc[nH]c23)c2c1[C@H](c1cccnc1)CC(=O)N2. The number of aromatic amines is 1. The molecule has 0 bridgehead atoms. The largest absolute Gasteiger partial charge is 0.340 e. The van der Waals surface area contributed by atoms with E-state index in [0.29, 0.717) is 29.2 Å². The Kier molecular flexibility index (Phi) is 3.08. The molecule has 5 rings (SSSR count). The zero-order valence-corrected chi connectivity index (χ0v) is 13.8. The number of anilines is 1. The highest BCUT2D eigenvalue weighted by atomic mass is 16.1. The number of rotatable bonds is 2. The normalized spacial score (nSPS) is 16.5. The van der Waals surface area contributed by atoms with Crippen molar-refractivity contribution in [3.8, 4) is 5.82 Å². The van der Waals surface area contributed by atoms with E-state index >= 15 is 0 Å². The Morgan fingerprint density at radius 1 is 1.27 bits per heavy atom. The summed E-state index contributed by atoms with van der Waals surface area (Å²) in [6.45, 7) is 1.93. The molecule has 26 heavy (non-hydrogen) atoms. The third-order valence-corrected chi connectivity index (χ3v) is 4.59. The fraction of sp³-hybridized carbons (Fsp3) is 0.176. The molecule has 9 nitrogen and oxygen atoms in total. The first-order chi connectivity index (χ1) is 12.7. The summed E-state index contributed by atoms with van der Waals surface area (Å²) < 4.78 is 1.65. The van der Waals surface area contributed by atoms with Crippen LogP contribution in [0.25, 0.3) is 17.0 Å². The van der Waals surface area contributed by atoms with Crippen LogP contribution >= 0.6 is 0 Å². The van der Waals surface area contributed by atoms with E-state index in [-0.39, 0.29) is 11.8 Å². The molecule has 0 aliphatic carbocycles. The number of carbonyl (C=O) groups is 1. The third kappa shape index (κ3) is 2.10. The lowest BCUT2D eigenvalue weighted by Crippen LogP contribution is -2.25. The second-order valence-corrected chi connectivity index (χ2v) is 6.15. The molecule has 4 aromatic rings. The Morgan fingerprint density at radius 2 is 2.19 bits per heavy atom. The fourth-order valence-electron chi connectivity index (χ4n) is 3.48. The summed E-state index contributed by atoms with van der Waals surface area (Å²) in [7, 11) is 0. The Labute approximate surface area is 147 Å². The van der Waals surface area contributed by atoms with Crippen molar-refractivity contribution in [2.24, 2.45) is 0 Å². The van der Waals surface area contributed by atoms with E-state index < -0.39 is 0 Å². The number of fused-ring (bicyclic) bond motifs is 2. The van der Waals surface area contributed by atoms with Crippen LogP contribution in [0.1, 0.15) is 29.2 Å². The minimum atomic E-state index is -0.0969. The van der Waals surface area contributed by atoms with Crippen LogP contribution in [0.5, 0.6) is 0 Å². The van der Waals surface area contributed by atoms with Crippen molar-refractivity contribution in [1.29, 1.82) is 0 Å². The van der Waals surface area contributed by atoms with Crippen LogP contribution in [0.15, 0.2) is 37.2 Å². The van der Waals surface area contributed by atoms with E-state index in [1.165, 1.54) is 6.33 Å². The number of aromatic nitrogens is 7. The van der Waals surface area contributed by atoms with Crippen molar-refractivity contribution in [1.82, 2.24) is 34.7 Å². The van der Waals surface area contributed by atoms with E-state index in [1.807, 2.05) is 19.1 Å². The van der Waals surface area contributed by atoms with Gasteiger partial charge in [0, 0.05) is 30.3 Å². The lowest BCUT2D eigenvalue weighted by molar-refractivity contribution is -0.116. The van der Waals surface area contributed by atoms with E-state index in [1.54, 1.807) is 23.4 Å². The number of nitrogens with one attached hydrogen (secondary N) is 2. The number of aryl methyl sites for hydroxylation is 1. The van der Waals surface area contributed by atoms with Crippen molar-refractivity contribution in [2.75, 3.05) is 5.32 Å². The average molecular weight is 346 g/mol. The van der Waals surface area contributed by atoms with Gasteiger partial charge in [-0.1, -0.05) is 6.07 Å². The minimum absolute atomic E-state index is 0.0672. The summed E-state index contributed by atoms with van der Waals surface area (Å²) >= 11 is 0. The van der Waals surface area contributed by atoms with Crippen LogP contribution in [-0.4, -0.2) is 40.6 Å². The molecule has 0 fully saturated rings. The van der Waals surface area contributed by atoms with Gasteiger partial charge in [0.25, 0.3) is 0 Å². The maximum atomic E-state index is 12.4. The number of pyridine rings is 1. The lowest BCUT2D eigenvalue weighted by atomic mass is 9.87. The number of hydrogen-bond donors (Lipinski definition) is 2. The molecule has 1 amide bonds. The lowest BCUT2D eigenvalue weighted by Gasteiger charge is -2.24. The van der Waals surface area contributed by atoms with E-state index in [4.69, 9.17) is 0 Å². The van der Waals surface area contributed by atoms with Gasteiger partial charge in [-0.05, 0) is 18.6 Å². The standard InChI is InChI=1S/C17H14N8O/c1-9-13-11(10-3-2-4-18-6-10)5-12(26)23-16(13)25(24-9)17-14-15(20-7-19-14)21-8-22-17/h2-4,6-8,11H,5H2,1H3,(H,23,26)(H,19,20,21,22)/t11-/m0/s1. The predicted octanol–water partition coefficient (Wildman–Crippen LogP) is 1.72. The quantitative estimate of drug-likeness (QED) is 0.571. The van der Waals surface area contributed by atoms with Crippen LogP contribution in [0.2, 0.25) is 0 Å². The van der Waals surface area contributed by atoms with Crippen molar-refractivity contribution < 1.29 is 4.79 Å². The molecular weight excluding hydrogens is 332 g/mol. The molecule has 1 atom stereocenters. The summed E-state index contributed by atoms with van der Waals surface area (Å²) in [6, 6.07) is 3.86. The molecule has 0 spiro atoms. The first-order valence-corrected chi connectivity index (χ1v) is 8.16. The van der Waals surface area contributed by atoms with Gasteiger partial charge in [0.05, 0.1) is 12.0 Å². The van der Waals surface area contributed by atoms with Crippen molar-refractivity contribution in [3.63, 3.8) is 0 Å². The molecule has 0 unspecified atom stereocenters. The zero-order chi connectivity index (χ0) is 17.7. The van der Waals surface area contributed by atoms with E-state index in [2.05, 4.69) is 35.3 Å². The van der Waals surface area contributed by atoms with Crippen molar-refractivity contribution in [2.45, 2.75) is 19.3 Å². The second-order valence-electron chi connectivity index (χ2n) is 6.15. The summed E-state index contributed by atoms with van der Waals surface area (Å²) in [4.78, 5) is 32.3. The fourth-order valence-corrected chi connectivity index (χ4v) is 3.48. The van der Waals surface area contributed by atoms with Crippen LogP contribution in [0, 0.1) is 6.92 Å². The van der Waals surface area contributed by atoms with Gasteiger partial charge in [0.15, 0.2) is 11.5 Å². The Hall–Kier alpha value is -3.62. The maximum absolute atomic E-state index is 12.4. The Balaban J connectivity index is 1.74. The molecular formula is C17H14N8O. The number of carbonyl (C=O) groups excluding carboxylic acids is 1. The first-order valence-electron chi connectivity index (χ1n) is 8.16. The van der Waals surface area contributed by atoms with E-state index in [9.17, 15) is 4.79 Å². The smallest absolute Gasteiger partial charge is 0.226 e. The Bertz CT molecular complexity index is 1130. The molecule has 0 aromatic carbocycles. The molecule has 1 aliphatic rings. The van der Waals surface area contributed by atoms with Gasteiger partial charge in [-0.3, -0.25) is 9.78 Å². The van der Waals surface area contributed by atoms with Crippen molar-refractivity contribution in [3.05, 3.63) is 54.0 Å². The highest BCUT2D eigenvalue weighted by Gasteiger charge is 2.33. The third-order valence-electron chi connectivity index (χ3n) is 4.59. The predicted molar refractivity (Wildman–Crippen MR) is 92.9 cm³/mol. The van der Waals surface area contributed by atoms with Gasteiger partial charge in [-0.2, -0.15) is 9.78 Å². The first kappa shape index (κ1) is 14.7. The molecule has 2 N–H and O–H groups in total. The number of hydrogen-bond acceptors (Lipinski definition) is 6. The molecule has 128 valence electrons. The van der Waals surface area contributed by atoms with Gasteiger partial charge in [-0.15, -0.1) is 0 Å².